The lowest BCUT2D eigenvalue weighted by atomic mass is 10.2. The number of hydrogen-bond acceptors (Lipinski definition) is 2. The highest BCUT2D eigenvalue weighted by molar-refractivity contribution is 5.00. The SMILES string of the molecule is CCC#CCN1CCN(C(C)C)CC1. The fourth-order valence-corrected chi connectivity index (χ4v) is 1.73. The van der Waals surface area contributed by atoms with E-state index in [-0.39, 0.29) is 0 Å². The Bertz CT molecular complexity index is 204. The highest BCUT2D eigenvalue weighted by Crippen LogP contribution is 2.04. The highest BCUT2D eigenvalue weighted by Gasteiger charge is 2.17. The normalized spacial score (nSPS) is 19.4. The van der Waals surface area contributed by atoms with Crippen LogP contribution in [0.15, 0.2) is 0 Å². The van der Waals surface area contributed by atoms with Gasteiger partial charge in [0.05, 0.1) is 6.54 Å². The van der Waals surface area contributed by atoms with Gasteiger partial charge in [0.25, 0.3) is 0 Å². The quantitative estimate of drug-likeness (QED) is 0.614. The Kier molecular flexibility index (Phi) is 5.00. The van der Waals surface area contributed by atoms with E-state index in [0.717, 1.165) is 13.0 Å². The third-order valence-corrected chi connectivity index (χ3v) is 2.74. The lowest BCUT2D eigenvalue weighted by Crippen LogP contribution is -2.48. The Labute approximate surface area is 88.3 Å². The van der Waals surface area contributed by atoms with Crippen molar-refractivity contribution in [3.05, 3.63) is 0 Å². The second-order valence-corrected chi connectivity index (χ2v) is 4.11. The predicted molar refractivity (Wildman–Crippen MR) is 61.2 cm³/mol. The van der Waals surface area contributed by atoms with E-state index < -0.39 is 0 Å². The maximum atomic E-state index is 3.21. The van der Waals surface area contributed by atoms with Crippen molar-refractivity contribution >= 4 is 0 Å². The molecule has 1 aliphatic heterocycles. The minimum Gasteiger partial charge on any atom is -0.298 e. The molecule has 0 atom stereocenters. The summed E-state index contributed by atoms with van der Waals surface area (Å²) in [5, 5.41) is 0. The van der Waals surface area contributed by atoms with Gasteiger partial charge < -0.3 is 0 Å². The first-order chi connectivity index (χ1) is 6.74. The molecule has 0 unspecified atom stereocenters. The molecular weight excluding hydrogens is 172 g/mol. The molecule has 1 fully saturated rings. The van der Waals surface area contributed by atoms with Gasteiger partial charge in [0.15, 0.2) is 0 Å². The number of piperazine rings is 1. The minimum atomic E-state index is 0.693. The summed E-state index contributed by atoms with van der Waals surface area (Å²) in [6.07, 6.45) is 0.978. The molecule has 1 rings (SSSR count). The standard InChI is InChI=1S/C12H22N2/c1-4-5-6-7-13-8-10-14(11-9-13)12(2)3/h12H,4,7-11H2,1-3H3. The lowest BCUT2D eigenvalue weighted by Gasteiger charge is -2.36. The van der Waals surface area contributed by atoms with Crippen LogP contribution in [-0.2, 0) is 0 Å². The van der Waals surface area contributed by atoms with Crippen molar-refractivity contribution < 1.29 is 0 Å². The second-order valence-electron chi connectivity index (χ2n) is 4.11. The van der Waals surface area contributed by atoms with Gasteiger partial charge in [0.2, 0.25) is 0 Å². The Morgan fingerprint density at radius 1 is 1.07 bits per heavy atom. The van der Waals surface area contributed by atoms with E-state index in [0.29, 0.717) is 6.04 Å². The summed E-state index contributed by atoms with van der Waals surface area (Å²) in [7, 11) is 0. The molecule has 0 aromatic heterocycles. The fraction of sp³-hybridized carbons (Fsp3) is 0.833. The zero-order chi connectivity index (χ0) is 10.4. The van der Waals surface area contributed by atoms with Crippen molar-refractivity contribution in [2.75, 3.05) is 32.7 Å². The Hall–Kier alpha value is -0.520. The van der Waals surface area contributed by atoms with Gasteiger partial charge in [-0.2, -0.15) is 0 Å². The zero-order valence-corrected chi connectivity index (χ0v) is 9.71. The van der Waals surface area contributed by atoms with E-state index in [1.165, 1.54) is 26.2 Å². The van der Waals surface area contributed by atoms with Crippen LogP contribution in [-0.4, -0.2) is 48.6 Å². The molecule has 0 N–H and O–H groups in total. The largest absolute Gasteiger partial charge is 0.298 e. The molecule has 2 nitrogen and oxygen atoms in total. The summed E-state index contributed by atoms with van der Waals surface area (Å²) in [5.74, 6) is 6.33. The van der Waals surface area contributed by atoms with Crippen molar-refractivity contribution in [2.45, 2.75) is 33.2 Å². The highest BCUT2D eigenvalue weighted by atomic mass is 15.3. The van der Waals surface area contributed by atoms with Crippen LogP contribution >= 0.6 is 0 Å². The van der Waals surface area contributed by atoms with E-state index in [1.54, 1.807) is 0 Å². The van der Waals surface area contributed by atoms with Crippen LogP contribution in [0.25, 0.3) is 0 Å². The molecule has 0 bridgehead atoms. The van der Waals surface area contributed by atoms with Gasteiger partial charge in [-0.3, -0.25) is 9.80 Å². The number of hydrogen-bond donors (Lipinski definition) is 0. The molecule has 0 aromatic carbocycles. The van der Waals surface area contributed by atoms with Crippen LogP contribution in [0, 0.1) is 11.8 Å². The van der Waals surface area contributed by atoms with E-state index in [1.807, 2.05) is 0 Å². The molecule has 1 heterocycles. The van der Waals surface area contributed by atoms with Crippen molar-refractivity contribution in [1.29, 1.82) is 0 Å². The first-order valence-electron chi connectivity index (χ1n) is 5.66. The summed E-state index contributed by atoms with van der Waals surface area (Å²) in [4.78, 5) is 4.98. The third kappa shape index (κ3) is 3.69. The molecule has 0 amide bonds. The topological polar surface area (TPSA) is 6.48 Å². The van der Waals surface area contributed by atoms with Crippen LogP contribution in [0.4, 0.5) is 0 Å². The monoisotopic (exact) mass is 194 g/mol. The second kappa shape index (κ2) is 6.06. The average Bonchev–Trinajstić information content (AvgIpc) is 2.19. The average molecular weight is 194 g/mol. The number of rotatable bonds is 2. The molecule has 0 saturated carbocycles. The Morgan fingerprint density at radius 3 is 2.21 bits per heavy atom. The molecular formula is C12H22N2. The van der Waals surface area contributed by atoms with E-state index >= 15 is 0 Å². The molecule has 0 aliphatic carbocycles. The molecule has 0 radical (unpaired) electrons. The van der Waals surface area contributed by atoms with Crippen molar-refractivity contribution in [3.8, 4) is 11.8 Å². The van der Waals surface area contributed by atoms with Crippen LogP contribution in [0.1, 0.15) is 27.2 Å². The third-order valence-electron chi connectivity index (χ3n) is 2.74. The number of nitrogens with zero attached hydrogens (tertiary/aromatic N) is 2. The first-order valence-corrected chi connectivity index (χ1v) is 5.66. The van der Waals surface area contributed by atoms with Crippen LogP contribution in [0.2, 0.25) is 0 Å². The molecule has 0 aromatic rings. The summed E-state index contributed by atoms with van der Waals surface area (Å²) in [6.45, 7) is 12.4. The molecule has 2 heteroatoms. The Morgan fingerprint density at radius 2 is 1.71 bits per heavy atom. The van der Waals surface area contributed by atoms with Crippen molar-refractivity contribution in [1.82, 2.24) is 9.80 Å². The first kappa shape index (κ1) is 11.6. The van der Waals surface area contributed by atoms with Crippen LogP contribution in [0.5, 0.6) is 0 Å². The lowest BCUT2D eigenvalue weighted by molar-refractivity contribution is 0.118. The molecule has 1 aliphatic rings. The van der Waals surface area contributed by atoms with E-state index in [2.05, 4.69) is 42.4 Å². The molecule has 14 heavy (non-hydrogen) atoms. The van der Waals surface area contributed by atoms with E-state index in [4.69, 9.17) is 0 Å². The van der Waals surface area contributed by atoms with Crippen molar-refractivity contribution in [2.24, 2.45) is 0 Å². The summed E-state index contributed by atoms with van der Waals surface area (Å²) >= 11 is 0. The van der Waals surface area contributed by atoms with E-state index in [9.17, 15) is 0 Å². The maximum Gasteiger partial charge on any atom is 0.0602 e. The summed E-state index contributed by atoms with van der Waals surface area (Å²) in [5.41, 5.74) is 0. The van der Waals surface area contributed by atoms with Gasteiger partial charge in [-0.05, 0) is 13.8 Å². The van der Waals surface area contributed by atoms with Crippen molar-refractivity contribution in [3.63, 3.8) is 0 Å². The smallest absolute Gasteiger partial charge is 0.0602 e. The minimum absolute atomic E-state index is 0.693. The zero-order valence-electron chi connectivity index (χ0n) is 9.71. The maximum absolute atomic E-state index is 3.21. The van der Waals surface area contributed by atoms with Gasteiger partial charge in [-0.15, -0.1) is 5.92 Å². The molecule has 0 spiro atoms. The van der Waals surface area contributed by atoms with Gasteiger partial charge in [0.1, 0.15) is 0 Å². The fourth-order valence-electron chi connectivity index (χ4n) is 1.73. The van der Waals surface area contributed by atoms with Gasteiger partial charge in [0, 0.05) is 38.6 Å². The molecule has 1 saturated heterocycles. The van der Waals surface area contributed by atoms with Crippen LogP contribution in [0.3, 0.4) is 0 Å². The Balaban J connectivity index is 2.22. The summed E-state index contributed by atoms with van der Waals surface area (Å²) < 4.78 is 0. The van der Waals surface area contributed by atoms with Crippen LogP contribution < -0.4 is 0 Å². The molecule has 80 valence electrons. The van der Waals surface area contributed by atoms with Gasteiger partial charge >= 0.3 is 0 Å². The van der Waals surface area contributed by atoms with Gasteiger partial charge in [-0.25, -0.2) is 0 Å². The predicted octanol–water partition coefficient (Wildman–Crippen LogP) is 1.43. The van der Waals surface area contributed by atoms with Gasteiger partial charge in [-0.1, -0.05) is 12.8 Å². The summed E-state index contributed by atoms with van der Waals surface area (Å²) in [6, 6.07) is 0.693.